The fourth-order valence-corrected chi connectivity index (χ4v) is 4.83. The van der Waals surface area contributed by atoms with E-state index in [1.807, 2.05) is 33.9 Å². The molecule has 0 N–H and O–H groups in total. The Morgan fingerprint density at radius 2 is 1.88 bits per heavy atom. The minimum atomic E-state index is 0.105. The average molecular weight is 451 g/mol. The third kappa shape index (κ3) is 5.25. The van der Waals surface area contributed by atoms with E-state index in [1.54, 1.807) is 12.5 Å². The lowest BCUT2D eigenvalue weighted by Crippen LogP contribution is -2.39. The number of benzene rings is 2. The van der Waals surface area contributed by atoms with Gasteiger partial charge < -0.3 is 9.47 Å². The molecule has 4 aromatic rings. The molecule has 0 spiro atoms. The first-order valence-electron chi connectivity index (χ1n) is 12.0. The van der Waals surface area contributed by atoms with Gasteiger partial charge in [-0.3, -0.25) is 9.78 Å². The molecule has 0 radical (unpaired) electrons. The molecule has 34 heavy (non-hydrogen) atoms. The third-order valence-electron chi connectivity index (χ3n) is 6.52. The van der Waals surface area contributed by atoms with E-state index < -0.39 is 0 Å². The molecule has 5 heteroatoms. The summed E-state index contributed by atoms with van der Waals surface area (Å²) in [6, 6.07) is 22.9. The van der Waals surface area contributed by atoms with E-state index in [9.17, 15) is 4.79 Å². The van der Waals surface area contributed by atoms with E-state index >= 15 is 0 Å². The van der Waals surface area contributed by atoms with Crippen molar-refractivity contribution in [1.82, 2.24) is 19.4 Å². The molecule has 1 atom stereocenters. The number of pyridine rings is 1. The van der Waals surface area contributed by atoms with Gasteiger partial charge in [0.25, 0.3) is 5.91 Å². The van der Waals surface area contributed by atoms with E-state index in [0.717, 1.165) is 48.3 Å². The van der Waals surface area contributed by atoms with Crippen molar-refractivity contribution >= 4 is 5.91 Å². The number of carbonyl (C=O) groups is 1. The van der Waals surface area contributed by atoms with Crippen LogP contribution >= 0.6 is 0 Å². The SMILES string of the molecule is Cc1cccc(Cc2cccc(C3CCCN(C(=O)c4cccc(Cn5ccnc5)c4)C3)n2)c1. The van der Waals surface area contributed by atoms with Gasteiger partial charge in [0.1, 0.15) is 0 Å². The molecule has 1 unspecified atom stereocenters. The van der Waals surface area contributed by atoms with E-state index in [0.29, 0.717) is 13.1 Å². The van der Waals surface area contributed by atoms with Crippen LogP contribution in [0.4, 0.5) is 0 Å². The van der Waals surface area contributed by atoms with Crippen molar-refractivity contribution < 1.29 is 4.79 Å². The van der Waals surface area contributed by atoms with Crippen LogP contribution in [0.3, 0.4) is 0 Å². The van der Waals surface area contributed by atoms with Crippen LogP contribution in [0.5, 0.6) is 0 Å². The molecule has 5 rings (SSSR count). The first-order chi connectivity index (χ1) is 16.6. The highest BCUT2D eigenvalue weighted by Crippen LogP contribution is 2.27. The van der Waals surface area contributed by atoms with Gasteiger partial charge in [0.05, 0.1) is 6.33 Å². The topological polar surface area (TPSA) is 51.0 Å². The number of aromatic nitrogens is 3. The highest BCUT2D eigenvalue weighted by atomic mass is 16.2. The van der Waals surface area contributed by atoms with Gasteiger partial charge in [-0.2, -0.15) is 0 Å². The summed E-state index contributed by atoms with van der Waals surface area (Å²) in [5.74, 6) is 0.373. The summed E-state index contributed by atoms with van der Waals surface area (Å²) >= 11 is 0. The molecule has 2 aromatic heterocycles. The largest absolute Gasteiger partial charge is 0.338 e. The molecule has 1 aliphatic rings. The van der Waals surface area contributed by atoms with Crippen LogP contribution in [0.1, 0.15) is 57.2 Å². The number of imidazole rings is 1. The van der Waals surface area contributed by atoms with Crippen LogP contribution in [-0.2, 0) is 13.0 Å². The van der Waals surface area contributed by atoms with Gasteiger partial charge in [-0.1, -0.05) is 48.0 Å². The van der Waals surface area contributed by atoms with Gasteiger partial charge >= 0.3 is 0 Å². The lowest BCUT2D eigenvalue weighted by molar-refractivity contribution is 0.0705. The normalized spacial score (nSPS) is 15.9. The molecule has 0 bridgehead atoms. The van der Waals surface area contributed by atoms with Crippen molar-refractivity contribution in [3.8, 4) is 0 Å². The second-order valence-corrected chi connectivity index (χ2v) is 9.25. The number of amides is 1. The molecule has 0 saturated carbocycles. The number of piperidine rings is 1. The zero-order valence-corrected chi connectivity index (χ0v) is 19.6. The van der Waals surface area contributed by atoms with Crippen molar-refractivity contribution in [3.63, 3.8) is 0 Å². The van der Waals surface area contributed by atoms with Crippen LogP contribution in [0.25, 0.3) is 0 Å². The standard InChI is InChI=1S/C29H30N4O/c1-22-6-2-7-23(16-22)18-27-11-4-12-28(31-27)26-10-5-14-33(20-26)29(34)25-9-3-8-24(17-25)19-32-15-13-30-21-32/h2-4,6-9,11-13,15-17,21,26H,5,10,14,18-20H2,1H3. The van der Waals surface area contributed by atoms with E-state index in [1.165, 1.54) is 11.1 Å². The van der Waals surface area contributed by atoms with Gasteiger partial charge in [0.2, 0.25) is 0 Å². The van der Waals surface area contributed by atoms with Crippen LogP contribution in [-0.4, -0.2) is 38.4 Å². The highest BCUT2D eigenvalue weighted by Gasteiger charge is 2.26. The molecule has 1 amide bonds. The van der Waals surface area contributed by atoms with Crippen LogP contribution in [0, 0.1) is 6.92 Å². The van der Waals surface area contributed by atoms with Crippen molar-refractivity contribution in [2.45, 2.75) is 38.6 Å². The third-order valence-corrected chi connectivity index (χ3v) is 6.52. The fraction of sp³-hybridized carbons (Fsp3) is 0.276. The molecule has 0 aliphatic carbocycles. The van der Waals surface area contributed by atoms with Gasteiger partial charge in [-0.05, 0) is 55.2 Å². The molecular weight excluding hydrogens is 420 g/mol. The minimum Gasteiger partial charge on any atom is -0.338 e. The maximum atomic E-state index is 13.4. The van der Waals surface area contributed by atoms with Crippen LogP contribution in [0.15, 0.2) is 85.5 Å². The first-order valence-corrected chi connectivity index (χ1v) is 12.0. The lowest BCUT2D eigenvalue weighted by Gasteiger charge is -2.33. The van der Waals surface area contributed by atoms with Crippen LogP contribution in [0.2, 0.25) is 0 Å². The smallest absolute Gasteiger partial charge is 0.253 e. The zero-order valence-electron chi connectivity index (χ0n) is 19.6. The second kappa shape index (κ2) is 10.0. The van der Waals surface area contributed by atoms with Crippen LogP contribution < -0.4 is 0 Å². The Morgan fingerprint density at radius 3 is 2.74 bits per heavy atom. The molecule has 5 nitrogen and oxygen atoms in total. The van der Waals surface area contributed by atoms with Crippen molar-refractivity contribution in [3.05, 3.63) is 119 Å². The number of hydrogen-bond acceptors (Lipinski definition) is 3. The van der Waals surface area contributed by atoms with E-state index in [4.69, 9.17) is 4.98 Å². The Kier molecular flexibility index (Phi) is 6.52. The van der Waals surface area contributed by atoms with Crippen molar-refractivity contribution in [2.24, 2.45) is 0 Å². The number of carbonyl (C=O) groups excluding carboxylic acids is 1. The van der Waals surface area contributed by atoms with E-state index in [2.05, 4.69) is 60.4 Å². The molecule has 1 aliphatic heterocycles. The average Bonchev–Trinajstić information content (AvgIpc) is 3.37. The van der Waals surface area contributed by atoms with Crippen molar-refractivity contribution in [1.29, 1.82) is 0 Å². The van der Waals surface area contributed by atoms with Crippen molar-refractivity contribution in [2.75, 3.05) is 13.1 Å². The number of aryl methyl sites for hydroxylation is 1. The Bertz CT molecular complexity index is 1260. The molecule has 1 saturated heterocycles. The summed E-state index contributed by atoms with van der Waals surface area (Å²) in [5, 5.41) is 0. The van der Waals surface area contributed by atoms with Gasteiger partial charge in [0, 0.05) is 61.3 Å². The Balaban J connectivity index is 1.28. The minimum absolute atomic E-state index is 0.105. The molecule has 172 valence electrons. The second-order valence-electron chi connectivity index (χ2n) is 9.25. The monoisotopic (exact) mass is 450 g/mol. The van der Waals surface area contributed by atoms with E-state index in [-0.39, 0.29) is 11.8 Å². The summed E-state index contributed by atoms with van der Waals surface area (Å²) in [4.78, 5) is 24.5. The Labute approximate surface area is 201 Å². The summed E-state index contributed by atoms with van der Waals surface area (Å²) in [6.45, 7) is 4.34. The number of nitrogens with zero attached hydrogens (tertiary/aromatic N) is 4. The predicted octanol–water partition coefficient (Wildman–Crippen LogP) is 5.25. The van der Waals surface area contributed by atoms with Gasteiger partial charge in [-0.25, -0.2) is 4.98 Å². The molecular formula is C29H30N4O. The summed E-state index contributed by atoms with van der Waals surface area (Å²) in [7, 11) is 0. The van der Waals surface area contributed by atoms with Gasteiger partial charge in [0.15, 0.2) is 0 Å². The number of likely N-dealkylation sites (tertiary alicyclic amines) is 1. The fourth-order valence-electron chi connectivity index (χ4n) is 4.83. The Morgan fingerprint density at radius 1 is 1.03 bits per heavy atom. The first kappa shape index (κ1) is 22.1. The summed E-state index contributed by atoms with van der Waals surface area (Å²) in [6.07, 6.45) is 8.38. The molecule has 1 fully saturated rings. The lowest BCUT2D eigenvalue weighted by atomic mass is 9.93. The highest BCUT2D eigenvalue weighted by molar-refractivity contribution is 5.94. The van der Waals surface area contributed by atoms with Gasteiger partial charge in [-0.15, -0.1) is 0 Å². The Hall–Kier alpha value is -3.73. The number of hydrogen-bond donors (Lipinski definition) is 0. The maximum Gasteiger partial charge on any atom is 0.253 e. The zero-order chi connectivity index (χ0) is 23.3. The molecule has 2 aromatic carbocycles. The summed E-state index contributed by atoms with van der Waals surface area (Å²) in [5.41, 5.74) is 6.57. The molecule has 3 heterocycles. The maximum absolute atomic E-state index is 13.4. The summed E-state index contributed by atoms with van der Waals surface area (Å²) < 4.78 is 2.01. The number of rotatable bonds is 6. The predicted molar refractivity (Wildman–Crippen MR) is 134 cm³/mol. The quantitative estimate of drug-likeness (QED) is 0.403.